The van der Waals surface area contributed by atoms with E-state index in [1.807, 2.05) is 79.7 Å². The third-order valence-electron chi connectivity index (χ3n) is 4.81. The predicted molar refractivity (Wildman–Crippen MR) is 134 cm³/mol. The second kappa shape index (κ2) is 10.7. The van der Waals surface area contributed by atoms with Gasteiger partial charge in [0.1, 0.15) is 11.5 Å². The Balaban J connectivity index is 1.60. The van der Waals surface area contributed by atoms with Crippen molar-refractivity contribution in [3.05, 3.63) is 100 Å². The molecular weight excluding hydrogens is 434 g/mol. The normalized spacial score (nSPS) is 17.0. The first kappa shape index (κ1) is 22.4. The molecule has 0 bridgehead atoms. The maximum Gasteiger partial charge on any atom is 0.267 e. The smallest absolute Gasteiger partial charge is 0.267 e. The van der Waals surface area contributed by atoms with E-state index in [4.69, 9.17) is 9.15 Å². The molecule has 0 spiro atoms. The fraction of sp³-hybridized carbons (Fsp3) is 0.115. The molecule has 7 heteroatoms. The number of para-hydroxylation sites is 1. The molecule has 166 valence electrons. The van der Waals surface area contributed by atoms with Crippen LogP contribution in [0.2, 0.25) is 0 Å². The fourth-order valence-electron chi connectivity index (χ4n) is 3.23. The van der Waals surface area contributed by atoms with Gasteiger partial charge < -0.3 is 9.15 Å². The number of furan rings is 1. The van der Waals surface area contributed by atoms with E-state index in [0.717, 1.165) is 16.7 Å². The summed E-state index contributed by atoms with van der Waals surface area (Å²) in [5.74, 6) is 1.20. The fourth-order valence-corrected chi connectivity index (χ4v) is 4.15. The lowest BCUT2D eigenvalue weighted by Crippen LogP contribution is -2.28. The molecule has 1 aliphatic rings. The van der Waals surface area contributed by atoms with Crippen molar-refractivity contribution >= 4 is 41.2 Å². The Labute approximate surface area is 197 Å². The first-order valence-electron chi connectivity index (χ1n) is 10.4. The van der Waals surface area contributed by atoms with Crippen molar-refractivity contribution in [3.63, 3.8) is 0 Å². The minimum Gasteiger partial charge on any atom is -0.496 e. The first-order chi connectivity index (χ1) is 16.1. The lowest BCUT2D eigenvalue weighted by molar-refractivity contribution is -0.122. The number of thioether (sulfide) groups is 1. The Morgan fingerprint density at radius 2 is 1.88 bits per heavy atom. The van der Waals surface area contributed by atoms with Gasteiger partial charge in [0.2, 0.25) is 0 Å². The van der Waals surface area contributed by atoms with Crippen molar-refractivity contribution in [2.75, 3.05) is 7.11 Å². The standard InChI is InChI=1S/C26H23N3O3S/c1-19(15-20-9-4-3-5-10-20)17-27-28-26-29(18-22-12-8-14-32-22)25(30)24(33-26)16-21-11-6-7-13-23(21)31-2/h3-17H,18H2,1-2H3/b19-15+,24-16-,27-17-,28-26+. The van der Waals surface area contributed by atoms with E-state index < -0.39 is 0 Å². The Morgan fingerprint density at radius 3 is 2.64 bits per heavy atom. The summed E-state index contributed by atoms with van der Waals surface area (Å²) >= 11 is 1.28. The number of methoxy groups -OCH3 is 1. The first-order valence-corrected chi connectivity index (χ1v) is 11.2. The molecule has 33 heavy (non-hydrogen) atoms. The molecule has 4 rings (SSSR count). The summed E-state index contributed by atoms with van der Waals surface area (Å²) in [5.41, 5.74) is 2.85. The van der Waals surface area contributed by atoms with Gasteiger partial charge in [0.15, 0.2) is 5.17 Å². The zero-order valence-electron chi connectivity index (χ0n) is 18.3. The van der Waals surface area contributed by atoms with E-state index in [0.29, 0.717) is 21.6 Å². The number of benzene rings is 2. The molecule has 2 aromatic carbocycles. The molecule has 0 N–H and O–H groups in total. The minimum absolute atomic E-state index is 0.159. The highest BCUT2D eigenvalue weighted by Crippen LogP contribution is 2.35. The third kappa shape index (κ3) is 5.70. The van der Waals surface area contributed by atoms with Crippen LogP contribution >= 0.6 is 11.8 Å². The lowest BCUT2D eigenvalue weighted by Gasteiger charge is -2.12. The van der Waals surface area contributed by atoms with Gasteiger partial charge in [-0.05, 0) is 54.1 Å². The summed E-state index contributed by atoms with van der Waals surface area (Å²) in [6, 6.07) is 21.2. The average molecular weight is 458 g/mol. The van der Waals surface area contributed by atoms with Crippen LogP contribution in [0, 0.1) is 0 Å². The molecule has 6 nitrogen and oxygen atoms in total. The Hall–Kier alpha value is -3.84. The second-order valence-electron chi connectivity index (χ2n) is 7.25. The van der Waals surface area contributed by atoms with Crippen molar-refractivity contribution < 1.29 is 13.9 Å². The quantitative estimate of drug-likeness (QED) is 0.254. The Morgan fingerprint density at radius 1 is 1.09 bits per heavy atom. The van der Waals surface area contributed by atoms with E-state index in [-0.39, 0.29) is 12.5 Å². The van der Waals surface area contributed by atoms with E-state index >= 15 is 0 Å². The van der Waals surface area contributed by atoms with Crippen LogP contribution in [0.1, 0.15) is 23.8 Å². The van der Waals surface area contributed by atoms with E-state index in [1.54, 1.807) is 30.6 Å². The van der Waals surface area contributed by atoms with E-state index in [1.165, 1.54) is 11.8 Å². The molecule has 0 unspecified atom stereocenters. The second-order valence-corrected chi connectivity index (χ2v) is 8.26. The summed E-state index contributed by atoms with van der Waals surface area (Å²) in [7, 11) is 1.61. The van der Waals surface area contributed by atoms with E-state index in [2.05, 4.69) is 10.2 Å². The highest BCUT2D eigenvalue weighted by atomic mass is 32.2. The Bertz CT molecular complexity index is 1230. The topological polar surface area (TPSA) is 67.4 Å². The molecule has 1 aliphatic heterocycles. The van der Waals surface area contributed by atoms with Gasteiger partial charge in [0, 0.05) is 5.56 Å². The van der Waals surface area contributed by atoms with E-state index in [9.17, 15) is 4.79 Å². The van der Waals surface area contributed by atoms with Crippen molar-refractivity contribution in [1.29, 1.82) is 0 Å². The molecule has 0 radical (unpaired) electrons. The van der Waals surface area contributed by atoms with Crippen LogP contribution < -0.4 is 4.74 Å². The Kier molecular flexibility index (Phi) is 7.22. The van der Waals surface area contributed by atoms with Crippen LogP contribution in [-0.4, -0.2) is 29.3 Å². The molecule has 1 fully saturated rings. The minimum atomic E-state index is -0.159. The summed E-state index contributed by atoms with van der Waals surface area (Å²) in [6.45, 7) is 2.23. The third-order valence-corrected chi connectivity index (χ3v) is 5.80. The number of ether oxygens (including phenoxy) is 1. The van der Waals surface area contributed by atoms with Crippen LogP contribution in [0.15, 0.2) is 98.1 Å². The SMILES string of the molecule is COc1ccccc1/C=C1\S/C(=N/N=C\C(C)=C\c2ccccc2)N(Cc2ccco2)C1=O. The van der Waals surface area contributed by atoms with Gasteiger partial charge in [-0.3, -0.25) is 9.69 Å². The highest BCUT2D eigenvalue weighted by molar-refractivity contribution is 8.18. The van der Waals surface area contributed by atoms with Crippen molar-refractivity contribution in [2.45, 2.75) is 13.5 Å². The van der Waals surface area contributed by atoms with Gasteiger partial charge in [0.25, 0.3) is 5.91 Å². The molecule has 0 atom stereocenters. The summed E-state index contributed by atoms with van der Waals surface area (Å²) in [6.07, 6.45) is 7.09. The number of hydrogen-bond donors (Lipinski definition) is 0. The van der Waals surface area contributed by atoms with Gasteiger partial charge in [-0.15, -0.1) is 5.10 Å². The van der Waals surface area contributed by atoms with Gasteiger partial charge in [0.05, 0.1) is 31.0 Å². The largest absolute Gasteiger partial charge is 0.496 e. The zero-order chi connectivity index (χ0) is 23.0. The molecule has 0 saturated carbocycles. The lowest BCUT2D eigenvalue weighted by atomic mass is 10.1. The number of amidine groups is 1. The molecule has 0 aliphatic carbocycles. The van der Waals surface area contributed by atoms with Crippen LogP contribution in [0.4, 0.5) is 0 Å². The van der Waals surface area contributed by atoms with Crippen LogP contribution in [0.25, 0.3) is 12.2 Å². The van der Waals surface area contributed by atoms with Crippen molar-refractivity contribution in [3.8, 4) is 5.75 Å². The number of carbonyl (C=O) groups excluding carboxylic acids is 1. The maximum absolute atomic E-state index is 13.2. The molecule has 1 saturated heterocycles. The van der Waals surface area contributed by atoms with Gasteiger partial charge >= 0.3 is 0 Å². The monoisotopic (exact) mass is 457 g/mol. The average Bonchev–Trinajstić information content (AvgIpc) is 3.44. The maximum atomic E-state index is 13.2. The van der Waals surface area contributed by atoms with Gasteiger partial charge in [-0.25, -0.2) is 0 Å². The predicted octanol–water partition coefficient (Wildman–Crippen LogP) is 5.85. The highest BCUT2D eigenvalue weighted by Gasteiger charge is 2.34. The zero-order valence-corrected chi connectivity index (χ0v) is 19.2. The number of hydrogen-bond acceptors (Lipinski definition) is 6. The van der Waals surface area contributed by atoms with Gasteiger partial charge in [-0.2, -0.15) is 5.10 Å². The molecule has 1 amide bonds. The van der Waals surface area contributed by atoms with Crippen molar-refractivity contribution in [2.24, 2.45) is 10.2 Å². The summed E-state index contributed by atoms with van der Waals surface area (Å²) in [4.78, 5) is 15.3. The van der Waals surface area contributed by atoms with Crippen LogP contribution in [0.5, 0.6) is 5.75 Å². The number of allylic oxidation sites excluding steroid dienone is 1. The number of nitrogens with zero attached hydrogens (tertiary/aromatic N) is 3. The molecular formula is C26H23N3O3S. The van der Waals surface area contributed by atoms with Gasteiger partial charge in [-0.1, -0.05) is 54.6 Å². The number of carbonyl (C=O) groups is 1. The molecule has 1 aromatic heterocycles. The molecule has 2 heterocycles. The summed E-state index contributed by atoms with van der Waals surface area (Å²) < 4.78 is 10.9. The number of amides is 1. The van der Waals surface area contributed by atoms with Crippen molar-refractivity contribution in [1.82, 2.24) is 4.90 Å². The van der Waals surface area contributed by atoms with Crippen LogP contribution in [-0.2, 0) is 11.3 Å². The number of rotatable bonds is 7. The summed E-state index contributed by atoms with van der Waals surface area (Å²) in [5, 5.41) is 9.07. The van der Waals surface area contributed by atoms with Crippen LogP contribution in [0.3, 0.4) is 0 Å². The molecule has 3 aromatic rings.